The molecule has 0 fully saturated rings. The average Bonchev–Trinajstić information content (AvgIpc) is 2.83. The van der Waals surface area contributed by atoms with Gasteiger partial charge in [-0.25, -0.2) is 4.98 Å². The molecule has 0 aliphatic rings. The summed E-state index contributed by atoms with van der Waals surface area (Å²) in [6.07, 6.45) is 2.28. The molecule has 0 aromatic carbocycles. The largest absolute Gasteiger partial charge is 0.271 e. The number of thiophene rings is 1. The van der Waals surface area contributed by atoms with Crippen LogP contribution in [0.15, 0.2) is 16.2 Å². The molecule has 0 spiro atoms. The molecule has 5 nitrogen and oxygen atoms in total. The van der Waals surface area contributed by atoms with E-state index in [4.69, 9.17) is 5.84 Å². The van der Waals surface area contributed by atoms with E-state index in [1.807, 2.05) is 7.05 Å². The van der Waals surface area contributed by atoms with Crippen molar-refractivity contribution in [2.24, 2.45) is 12.9 Å². The van der Waals surface area contributed by atoms with Crippen LogP contribution in [-0.2, 0) is 13.5 Å². The second kappa shape index (κ2) is 5.26. The number of nitrogens with two attached hydrogens (primary N) is 1. The first-order chi connectivity index (χ1) is 8.11. The van der Waals surface area contributed by atoms with Gasteiger partial charge in [-0.15, -0.1) is 11.3 Å². The second-order valence-corrected chi connectivity index (χ2v) is 6.23. The van der Waals surface area contributed by atoms with Crippen molar-refractivity contribution < 1.29 is 0 Å². The fraction of sp³-hybridized carbons (Fsp3) is 0.400. The van der Waals surface area contributed by atoms with Crippen LogP contribution in [0.2, 0.25) is 0 Å². The van der Waals surface area contributed by atoms with E-state index in [9.17, 15) is 0 Å². The molecule has 2 heterocycles. The SMILES string of the molecule is Cc1cc(C(Cc2ncnn2C)NN)sc1Br. The molecule has 1 atom stereocenters. The highest BCUT2D eigenvalue weighted by atomic mass is 79.9. The van der Waals surface area contributed by atoms with Crippen LogP contribution in [0.1, 0.15) is 22.3 Å². The first-order valence-corrected chi connectivity index (χ1v) is 6.77. The smallest absolute Gasteiger partial charge is 0.138 e. The minimum absolute atomic E-state index is 0.0629. The Morgan fingerprint density at radius 3 is 2.88 bits per heavy atom. The minimum Gasteiger partial charge on any atom is -0.271 e. The monoisotopic (exact) mass is 315 g/mol. The van der Waals surface area contributed by atoms with Gasteiger partial charge >= 0.3 is 0 Å². The second-order valence-electron chi connectivity index (χ2n) is 3.83. The molecule has 0 amide bonds. The number of hydrazine groups is 1. The van der Waals surface area contributed by atoms with Crippen molar-refractivity contribution in [1.82, 2.24) is 20.2 Å². The summed E-state index contributed by atoms with van der Waals surface area (Å²) in [7, 11) is 1.88. The van der Waals surface area contributed by atoms with Crippen molar-refractivity contribution in [3.05, 3.63) is 32.4 Å². The number of hydrogen-bond donors (Lipinski definition) is 2. The van der Waals surface area contributed by atoms with Crippen molar-refractivity contribution in [3.63, 3.8) is 0 Å². The maximum Gasteiger partial charge on any atom is 0.138 e. The molecule has 0 aliphatic heterocycles. The van der Waals surface area contributed by atoms with E-state index in [1.54, 1.807) is 22.3 Å². The molecule has 0 saturated carbocycles. The molecular weight excluding hydrogens is 302 g/mol. The maximum absolute atomic E-state index is 5.61. The summed E-state index contributed by atoms with van der Waals surface area (Å²) in [6.45, 7) is 2.07. The zero-order valence-electron chi connectivity index (χ0n) is 9.64. The van der Waals surface area contributed by atoms with E-state index in [0.29, 0.717) is 0 Å². The van der Waals surface area contributed by atoms with E-state index in [1.165, 1.54) is 10.4 Å². The number of rotatable bonds is 4. The van der Waals surface area contributed by atoms with Crippen molar-refractivity contribution >= 4 is 27.3 Å². The quantitative estimate of drug-likeness (QED) is 0.665. The summed E-state index contributed by atoms with van der Waals surface area (Å²) in [5.74, 6) is 6.53. The highest BCUT2D eigenvalue weighted by Crippen LogP contribution is 2.32. The molecule has 92 valence electrons. The summed E-state index contributed by atoms with van der Waals surface area (Å²) in [5, 5.41) is 4.05. The van der Waals surface area contributed by atoms with E-state index in [-0.39, 0.29) is 6.04 Å². The minimum atomic E-state index is 0.0629. The third kappa shape index (κ3) is 2.74. The predicted octanol–water partition coefficient (Wildman–Crippen LogP) is 1.69. The molecule has 2 rings (SSSR count). The van der Waals surface area contributed by atoms with Crippen molar-refractivity contribution in [2.45, 2.75) is 19.4 Å². The predicted molar refractivity (Wildman–Crippen MR) is 71.5 cm³/mol. The summed E-state index contributed by atoms with van der Waals surface area (Å²) in [6, 6.07) is 2.20. The first-order valence-electron chi connectivity index (χ1n) is 5.16. The van der Waals surface area contributed by atoms with Gasteiger partial charge in [-0.05, 0) is 34.5 Å². The molecule has 17 heavy (non-hydrogen) atoms. The van der Waals surface area contributed by atoms with Crippen LogP contribution in [0.5, 0.6) is 0 Å². The molecular formula is C10H14BrN5S. The van der Waals surface area contributed by atoms with Crippen LogP contribution < -0.4 is 11.3 Å². The van der Waals surface area contributed by atoms with E-state index < -0.39 is 0 Å². The van der Waals surface area contributed by atoms with Gasteiger partial charge in [0.2, 0.25) is 0 Å². The average molecular weight is 316 g/mol. The molecule has 2 aromatic rings. The van der Waals surface area contributed by atoms with Gasteiger partial charge < -0.3 is 0 Å². The Morgan fingerprint density at radius 2 is 2.41 bits per heavy atom. The standard InChI is InChI=1S/C10H14BrN5S/c1-6-3-8(17-10(6)11)7(15-12)4-9-13-5-14-16(9)2/h3,5,7,15H,4,12H2,1-2H3. The molecule has 0 bridgehead atoms. The fourth-order valence-electron chi connectivity index (χ4n) is 1.58. The third-order valence-corrected chi connectivity index (χ3v) is 4.86. The molecule has 2 aromatic heterocycles. The zero-order chi connectivity index (χ0) is 12.4. The van der Waals surface area contributed by atoms with Crippen LogP contribution in [0.25, 0.3) is 0 Å². The number of halogens is 1. The molecule has 3 N–H and O–H groups in total. The summed E-state index contributed by atoms with van der Waals surface area (Å²) < 4.78 is 2.91. The van der Waals surface area contributed by atoms with Gasteiger partial charge in [-0.2, -0.15) is 5.10 Å². The van der Waals surface area contributed by atoms with Crippen LogP contribution in [0.4, 0.5) is 0 Å². The number of aromatic nitrogens is 3. The van der Waals surface area contributed by atoms with Gasteiger partial charge in [0.25, 0.3) is 0 Å². The maximum atomic E-state index is 5.61. The van der Waals surface area contributed by atoms with Crippen LogP contribution >= 0.6 is 27.3 Å². The Morgan fingerprint density at radius 1 is 1.65 bits per heavy atom. The third-order valence-electron chi connectivity index (χ3n) is 2.61. The first kappa shape index (κ1) is 12.7. The molecule has 0 aliphatic carbocycles. The van der Waals surface area contributed by atoms with Crippen LogP contribution in [0, 0.1) is 6.92 Å². The Kier molecular flexibility index (Phi) is 3.93. The highest BCUT2D eigenvalue weighted by Gasteiger charge is 2.16. The number of hydrogen-bond acceptors (Lipinski definition) is 5. The number of nitrogens with zero attached hydrogens (tertiary/aromatic N) is 3. The van der Waals surface area contributed by atoms with Gasteiger partial charge in [-0.1, -0.05) is 0 Å². The van der Waals surface area contributed by atoms with Crippen molar-refractivity contribution in [3.8, 4) is 0 Å². The lowest BCUT2D eigenvalue weighted by Gasteiger charge is -2.13. The van der Waals surface area contributed by atoms with Crippen molar-refractivity contribution in [1.29, 1.82) is 0 Å². The Labute approximate surface area is 112 Å². The van der Waals surface area contributed by atoms with E-state index in [2.05, 4.69) is 44.4 Å². The van der Waals surface area contributed by atoms with E-state index in [0.717, 1.165) is 16.0 Å². The zero-order valence-corrected chi connectivity index (χ0v) is 12.0. The van der Waals surface area contributed by atoms with Crippen LogP contribution in [-0.4, -0.2) is 14.8 Å². The lowest BCUT2D eigenvalue weighted by molar-refractivity contribution is 0.530. The Bertz CT molecular complexity index is 487. The normalized spacial score (nSPS) is 12.9. The topological polar surface area (TPSA) is 68.8 Å². The lowest BCUT2D eigenvalue weighted by Crippen LogP contribution is -2.29. The van der Waals surface area contributed by atoms with Gasteiger partial charge in [0, 0.05) is 18.3 Å². The van der Waals surface area contributed by atoms with Crippen LogP contribution in [0.3, 0.4) is 0 Å². The summed E-state index contributed by atoms with van der Waals surface area (Å²) >= 11 is 5.21. The molecule has 7 heteroatoms. The highest BCUT2D eigenvalue weighted by molar-refractivity contribution is 9.11. The van der Waals surface area contributed by atoms with Gasteiger partial charge in [0.1, 0.15) is 12.2 Å². The molecule has 0 radical (unpaired) electrons. The fourth-order valence-corrected chi connectivity index (χ4v) is 3.22. The van der Waals surface area contributed by atoms with Gasteiger partial charge in [0.05, 0.1) is 9.83 Å². The summed E-state index contributed by atoms with van der Waals surface area (Å²) in [4.78, 5) is 5.40. The summed E-state index contributed by atoms with van der Waals surface area (Å²) in [5.41, 5.74) is 4.06. The van der Waals surface area contributed by atoms with Gasteiger partial charge in [-0.3, -0.25) is 16.0 Å². The lowest BCUT2D eigenvalue weighted by atomic mass is 10.1. The van der Waals surface area contributed by atoms with Crippen molar-refractivity contribution in [2.75, 3.05) is 0 Å². The molecule has 1 unspecified atom stereocenters. The van der Waals surface area contributed by atoms with E-state index >= 15 is 0 Å². The Hall–Kier alpha value is -0.760. The van der Waals surface area contributed by atoms with Gasteiger partial charge in [0.15, 0.2) is 0 Å². The number of aryl methyl sites for hydroxylation is 2. The number of nitrogens with one attached hydrogen (secondary N) is 1. The Balaban J connectivity index is 2.20. The molecule has 0 saturated heterocycles.